The van der Waals surface area contributed by atoms with Gasteiger partial charge in [0, 0.05) is 17.8 Å². The van der Waals surface area contributed by atoms with Gasteiger partial charge in [0.2, 0.25) is 5.91 Å². The molecule has 1 N–H and O–H groups in total. The second-order valence-electron chi connectivity index (χ2n) is 6.87. The molecule has 1 heterocycles. The molecule has 0 aliphatic carbocycles. The summed E-state index contributed by atoms with van der Waals surface area (Å²) in [6, 6.07) is 20.8. The third-order valence-corrected chi connectivity index (χ3v) is 4.66. The van der Waals surface area contributed by atoms with E-state index in [1.807, 2.05) is 48.5 Å². The lowest BCUT2D eigenvalue weighted by Crippen LogP contribution is -2.16. The summed E-state index contributed by atoms with van der Waals surface area (Å²) in [5.74, 6) is 2.31. The van der Waals surface area contributed by atoms with E-state index in [9.17, 15) is 4.79 Å². The lowest BCUT2D eigenvalue weighted by molar-refractivity contribution is -0.111. The predicted molar refractivity (Wildman–Crippen MR) is 119 cm³/mol. The Morgan fingerprint density at radius 2 is 1.77 bits per heavy atom. The van der Waals surface area contributed by atoms with Gasteiger partial charge in [0.1, 0.15) is 19.8 Å². The monoisotopic (exact) mass is 417 g/mol. The average Bonchev–Trinajstić information content (AvgIpc) is 2.82. The Morgan fingerprint density at radius 3 is 2.58 bits per heavy atom. The molecule has 0 saturated heterocycles. The van der Waals surface area contributed by atoms with Gasteiger partial charge in [-0.05, 0) is 41.5 Å². The Kier molecular flexibility index (Phi) is 6.38. The van der Waals surface area contributed by atoms with Gasteiger partial charge >= 0.3 is 0 Å². The molecule has 0 radical (unpaired) electrons. The van der Waals surface area contributed by atoms with Crippen molar-refractivity contribution in [2.24, 2.45) is 0 Å². The van der Waals surface area contributed by atoms with E-state index >= 15 is 0 Å². The molecule has 0 fully saturated rings. The quantitative estimate of drug-likeness (QED) is 0.565. The molecule has 158 valence electrons. The molecule has 0 saturated carbocycles. The Labute approximate surface area is 181 Å². The van der Waals surface area contributed by atoms with Crippen molar-refractivity contribution in [2.45, 2.75) is 6.61 Å². The Balaban J connectivity index is 1.38. The van der Waals surface area contributed by atoms with Crippen molar-refractivity contribution in [1.29, 1.82) is 0 Å². The predicted octanol–water partition coefficient (Wildman–Crippen LogP) is 4.70. The lowest BCUT2D eigenvalue weighted by Gasteiger charge is -2.18. The van der Waals surface area contributed by atoms with Crippen LogP contribution in [0.1, 0.15) is 11.1 Å². The lowest BCUT2D eigenvalue weighted by atomic mass is 10.2. The van der Waals surface area contributed by atoms with E-state index in [1.54, 1.807) is 31.4 Å². The zero-order valence-electron chi connectivity index (χ0n) is 17.2. The minimum absolute atomic E-state index is 0.250. The maximum absolute atomic E-state index is 12.3. The fourth-order valence-corrected chi connectivity index (χ4v) is 3.12. The van der Waals surface area contributed by atoms with Gasteiger partial charge in [0.15, 0.2) is 23.0 Å². The molecule has 3 aromatic rings. The summed E-state index contributed by atoms with van der Waals surface area (Å²) in [5.41, 5.74) is 2.53. The molecule has 6 heteroatoms. The first kappa shape index (κ1) is 20.3. The highest BCUT2D eigenvalue weighted by molar-refractivity contribution is 6.02. The van der Waals surface area contributed by atoms with Crippen molar-refractivity contribution in [3.8, 4) is 23.0 Å². The number of anilines is 1. The van der Waals surface area contributed by atoms with Gasteiger partial charge in [-0.3, -0.25) is 4.79 Å². The van der Waals surface area contributed by atoms with Crippen molar-refractivity contribution in [1.82, 2.24) is 0 Å². The van der Waals surface area contributed by atoms with Gasteiger partial charge < -0.3 is 24.3 Å². The summed E-state index contributed by atoms with van der Waals surface area (Å²) in [4.78, 5) is 12.3. The SMILES string of the molecule is COc1cc(C=CC(=O)Nc2ccc3c(c2)OCCO3)ccc1OCc1ccccc1. The third kappa shape index (κ3) is 5.36. The van der Waals surface area contributed by atoms with Crippen LogP contribution in [0.4, 0.5) is 5.69 Å². The standard InChI is InChI=1S/C25H23NO5/c1-28-23-15-18(7-10-21(23)31-17-19-5-3-2-4-6-19)8-12-25(27)26-20-9-11-22-24(16-20)30-14-13-29-22/h2-12,15-16H,13-14,17H2,1H3,(H,26,27). The number of ether oxygens (including phenoxy) is 4. The topological polar surface area (TPSA) is 66.0 Å². The van der Waals surface area contributed by atoms with Crippen molar-refractivity contribution in [2.75, 3.05) is 25.6 Å². The van der Waals surface area contributed by atoms with Crippen LogP contribution in [0.25, 0.3) is 6.08 Å². The van der Waals surface area contributed by atoms with Gasteiger partial charge in [-0.1, -0.05) is 36.4 Å². The van der Waals surface area contributed by atoms with Crippen LogP contribution in [0.3, 0.4) is 0 Å². The number of rotatable bonds is 7. The number of carbonyl (C=O) groups is 1. The summed E-state index contributed by atoms with van der Waals surface area (Å²) in [6.07, 6.45) is 3.19. The number of methoxy groups -OCH3 is 1. The van der Waals surface area contributed by atoms with Crippen LogP contribution in [-0.4, -0.2) is 26.2 Å². The molecule has 0 aromatic heterocycles. The van der Waals surface area contributed by atoms with E-state index in [-0.39, 0.29) is 5.91 Å². The molecule has 4 rings (SSSR count). The van der Waals surface area contributed by atoms with Crippen molar-refractivity contribution < 1.29 is 23.7 Å². The molecule has 0 bridgehead atoms. The number of benzene rings is 3. The first-order valence-electron chi connectivity index (χ1n) is 9.95. The minimum atomic E-state index is -0.250. The second-order valence-corrected chi connectivity index (χ2v) is 6.87. The molecule has 6 nitrogen and oxygen atoms in total. The summed E-state index contributed by atoms with van der Waals surface area (Å²) < 4.78 is 22.3. The Bertz CT molecular complexity index is 1080. The van der Waals surface area contributed by atoms with Gasteiger partial charge in [-0.15, -0.1) is 0 Å². The summed E-state index contributed by atoms with van der Waals surface area (Å²) in [6.45, 7) is 1.47. The van der Waals surface area contributed by atoms with Crippen molar-refractivity contribution >= 4 is 17.7 Å². The highest BCUT2D eigenvalue weighted by Crippen LogP contribution is 2.33. The second kappa shape index (κ2) is 9.71. The maximum Gasteiger partial charge on any atom is 0.248 e. The molecular weight excluding hydrogens is 394 g/mol. The van der Waals surface area contributed by atoms with Crippen LogP contribution in [0.5, 0.6) is 23.0 Å². The molecule has 0 unspecified atom stereocenters. The molecule has 0 spiro atoms. The van der Waals surface area contributed by atoms with E-state index < -0.39 is 0 Å². The highest BCUT2D eigenvalue weighted by atomic mass is 16.6. The van der Waals surface area contributed by atoms with E-state index in [1.165, 1.54) is 6.08 Å². The summed E-state index contributed by atoms with van der Waals surface area (Å²) in [5, 5.41) is 2.82. The van der Waals surface area contributed by atoms with E-state index in [4.69, 9.17) is 18.9 Å². The largest absolute Gasteiger partial charge is 0.493 e. The van der Waals surface area contributed by atoms with Gasteiger partial charge in [-0.25, -0.2) is 0 Å². The number of fused-ring (bicyclic) bond motifs is 1. The van der Waals surface area contributed by atoms with Crippen molar-refractivity contribution in [3.05, 3.63) is 83.9 Å². The molecule has 1 aliphatic heterocycles. The fraction of sp³-hybridized carbons (Fsp3) is 0.160. The molecule has 1 aliphatic rings. The molecule has 31 heavy (non-hydrogen) atoms. The summed E-state index contributed by atoms with van der Waals surface area (Å²) >= 11 is 0. The van der Waals surface area contributed by atoms with Gasteiger partial charge in [-0.2, -0.15) is 0 Å². The molecule has 0 atom stereocenters. The number of nitrogens with one attached hydrogen (secondary N) is 1. The van der Waals surface area contributed by atoms with E-state index in [0.29, 0.717) is 48.5 Å². The van der Waals surface area contributed by atoms with Gasteiger partial charge in [0.25, 0.3) is 0 Å². The molecular formula is C25H23NO5. The molecule has 1 amide bonds. The van der Waals surface area contributed by atoms with Crippen LogP contribution in [0.2, 0.25) is 0 Å². The average molecular weight is 417 g/mol. The number of amides is 1. The fourth-order valence-electron chi connectivity index (χ4n) is 3.12. The summed E-state index contributed by atoms with van der Waals surface area (Å²) in [7, 11) is 1.59. The minimum Gasteiger partial charge on any atom is -0.493 e. The van der Waals surface area contributed by atoms with Crippen molar-refractivity contribution in [3.63, 3.8) is 0 Å². The zero-order chi connectivity index (χ0) is 21.5. The normalized spacial score (nSPS) is 12.4. The first-order chi connectivity index (χ1) is 15.2. The van der Waals surface area contributed by atoms with Crippen LogP contribution in [0, 0.1) is 0 Å². The Hall–Kier alpha value is -3.93. The van der Waals surface area contributed by atoms with Crippen LogP contribution in [-0.2, 0) is 11.4 Å². The maximum atomic E-state index is 12.3. The van der Waals surface area contributed by atoms with Gasteiger partial charge in [0.05, 0.1) is 7.11 Å². The van der Waals surface area contributed by atoms with Crippen LogP contribution < -0.4 is 24.3 Å². The third-order valence-electron chi connectivity index (χ3n) is 4.66. The smallest absolute Gasteiger partial charge is 0.248 e. The van der Waals surface area contributed by atoms with E-state index in [0.717, 1.165) is 11.1 Å². The zero-order valence-corrected chi connectivity index (χ0v) is 17.2. The first-order valence-corrected chi connectivity index (χ1v) is 9.95. The number of hydrogen-bond acceptors (Lipinski definition) is 5. The van der Waals surface area contributed by atoms with Crippen LogP contribution >= 0.6 is 0 Å². The van der Waals surface area contributed by atoms with Crippen LogP contribution in [0.15, 0.2) is 72.8 Å². The number of carbonyl (C=O) groups excluding carboxylic acids is 1. The Morgan fingerprint density at radius 1 is 0.968 bits per heavy atom. The number of hydrogen-bond donors (Lipinski definition) is 1. The van der Waals surface area contributed by atoms with E-state index in [2.05, 4.69) is 5.32 Å². The highest BCUT2D eigenvalue weighted by Gasteiger charge is 2.12. The molecule has 3 aromatic carbocycles.